The first kappa shape index (κ1) is 20.0. The molecule has 3 aromatic carbocycles. The summed E-state index contributed by atoms with van der Waals surface area (Å²) in [5.41, 5.74) is 2.59. The van der Waals surface area contributed by atoms with Crippen molar-refractivity contribution in [3.05, 3.63) is 100.0 Å². The smallest absolute Gasteiger partial charge is 0.272 e. The molecule has 0 atom stereocenters. The van der Waals surface area contributed by atoms with E-state index in [1.165, 1.54) is 0 Å². The minimum Gasteiger partial charge on any atom is -0.325 e. The Morgan fingerprint density at radius 3 is 2.45 bits per heavy atom. The number of benzene rings is 3. The van der Waals surface area contributed by atoms with Crippen LogP contribution in [-0.4, -0.2) is 22.0 Å². The number of carbonyl (C=O) groups excluding carboxylic acids is 2. The lowest BCUT2D eigenvalue weighted by Crippen LogP contribution is -2.21. The third kappa shape index (κ3) is 4.51. The average Bonchev–Trinajstić information content (AvgIpc) is 2.76. The number of hydrogen-bond donors (Lipinski definition) is 3. The summed E-state index contributed by atoms with van der Waals surface area (Å²) >= 11 is 0. The molecule has 0 aliphatic heterocycles. The molecular formula is C24H20N4O3. The molecule has 4 rings (SSSR count). The van der Waals surface area contributed by atoms with E-state index in [1.54, 1.807) is 54.6 Å². The zero-order chi connectivity index (χ0) is 21.8. The molecule has 0 spiro atoms. The number of carbonyl (C=O) groups is 2. The molecule has 31 heavy (non-hydrogen) atoms. The Kier molecular flexibility index (Phi) is 5.57. The Balaban J connectivity index is 1.54. The van der Waals surface area contributed by atoms with Crippen molar-refractivity contribution in [3.8, 4) is 0 Å². The molecule has 4 aromatic rings. The van der Waals surface area contributed by atoms with Crippen LogP contribution in [0.3, 0.4) is 0 Å². The molecular weight excluding hydrogens is 392 g/mol. The second-order valence-corrected chi connectivity index (χ2v) is 7.14. The maximum absolute atomic E-state index is 12.8. The molecule has 0 unspecified atom stereocenters. The van der Waals surface area contributed by atoms with E-state index in [0.717, 1.165) is 5.56 Å². The van der Waals surface area contributed by atoms with Crippen molar-refractivity contribution >= 4 is 34.0 Å². The number of para-hydroxylation sites is 1. The highest BCUT2D eigenvalue weighted by atomic mass is 16.2. The molecule has 2 amide bonds. The Bertz CT molecular complexity index is 1340. The topological polar surface area (TPSA) is 104 Å². The van der Waals surface area contributed by atoms with Crippen LogP contribution in [0.5, 0.6) is 0 Å². The zero-order valence-electron chi connectivity index (χ0n) is 16.8. The highest BCUT2D eigenvalue weighted by molar-refractivity contribution is 6.10. The number of anilines is 2. The Labute approximate surface area is 178 Å². The van der Waals surface area contributed by atoms with E-state index in [9.17, 15) is 14.4 Å². The van der Waals surface area contributed by atoms with Crippen molar-refractivity contribution in [1.82, 2.24) is 10.2 Å². The second kappa shape index (κ2) is 8.62. The van der Waals surface area contributed by atoms with Gasteiger partial charge in [0.25, 0.3) is 11.5 Å². The standard InChI is InChI=1S/C24H20N4O3/c1-15-7-6-8-16(13-15)25-23(30)19-11-4-5-12-20(19)26-22(29)14-21-17-9-2-3-10-18(17)24(31)28-27-21/h2-13H,14H2,1H3,(H,25,30)(H,26,29)(H,28,31). The van der Waals surface area contributed by atoms with E-state index in [1.807, 2.05) is 25.1 Å². The summed E-state index contributed by atoms with van der Waals surface area (Å²) in [6.45, 7) is 1.94. The van der Waals surface area contributed by atoms with Crippen molar-refractivity contribution in [1.29, 1.82) is 0 Å². The number of rotatable bonds is 5. The van der Waals surface area contributed by atoms with Gasteiger partial charge in [0.05, 0.1) is 28.8 Å². The lowest BCUT2D eigenvalue weighted by molar-refractivity contribution is -0.115. The fraction of sp³-hybridized carbons (Fsp3) is 0.0833. The van der Waals surface area contributed by atoms with E-state index in [0.29, 0.717) is 33.4 Å². The summed E-state index contributed by atoms with van der Waals surface area (Å²) in [5, 5.41) is 13.2. The van der Waals surface area contributed by atoms with Gasteiger partial charge in [-0.2, -0.15) is 5.10 Å². The number of aromatic nitrogens is 2. The van der Waals surface area contributed by atoms with Crippen molar-refractivity contribution in [2.75, 3.05) is 10.6 Å². The fourth-order valence-electron chi connectivity index (χ4n) is 3.36. The molecule has 1 heterocycles. The van der Waals surface area contributed by atoms with Gasteiger partial charge in [0, 0.05) is 11.1 Å². The van der Waals surface area contributed by atoms with E-state index in [2.05, 4.69) is 20.8 Å². The van der Waals surface area contributed by atoms with Crippen LogP contribution < -0.4 is 16.2 Å². The largest absolute Gasteiger partial charge is 0.325 e. The van der Waals surface area contributed by atoms with Crippen molar-refractivity contribution in [2.45, 2.75) is 13.3 Å². The van der Waals surface area contributed by atoms with Crippen LogP contribution >= 0.6 is 0 Å². The van der Waals surface area contributed by atoms with Crippen molar-refractivity contribution in [2.24, 2.45) is 0 Å². The van der Waals surface area contributed by atoms with E-state index >= 15 is 0 Å². The van der Waals surface area contributed by atoms with Gasteiger partial charge in [-0.05, 0) is 42.8 Å². The maximum Gasteiger partial charge on any atom is 0.272 e. The summed E-state index contributed by atoms with van der Waals surface area (Å²) in [6.07, 6.45) is -0.0505. The van der Waals surface area contributed by atoms with E-state index < -0.39 is 0 Å². The lowest BCUT2D eigenvalue weighted by Gasteiger charge is -2.12. The summed E-state index contributed by atoms with van der Waals surface area (Å²) in [7, 11) is 0. The highest BCUT2D eigenvalue weighted by Gasteiger charge is 2.15. The molecule has 3 N–H and O–H groups in total. The van der Waals surface area contributed by atoms with Crippen LogP contribution in [0, 0.1) is 6.92 Å². The van der Waals surface area contributed by atoms with E-state index in [4.69, 9.17) is 0 Å². The molecule has 7 nitrogen and oxygen atoms in total. The number of hydrogen-bond acceptors (Lipinski definition) is 4. The monoisotopic (exact) mass is 412 g/mol. The van der Waals surface area contributed by atoms with Gasteiger partial charge in [0.1, 0.15) is 0 Å². The minimum absolute atomic E-state index is 0.0505. The molecule has 154 valence electrons. The first-order chi connectivity index (χ1) is 15.0. The number of nitrogens with one attached hydrogen (secondary N) is 3. The third-order valence-corrected chi connectivity index (χ3v) is 4.82. The van der Waals surface area contributed by atoms with Gasteiger partial charge >= 0.3 is 0 Å². The van der Waals surface area contributed by atoms with E-state index in [-0.39, 0.29) is 23.8 Å². The van der Waals surface area contributed by atoms with Crippen LogP contribution in [0.2, 0.25) is 0 Å². The molecule has 0 saturated heterocycles. The number of aromatic amines is 1. The second-order valence-electron chi connectivity index (χ2n) is 7.14. The van der Waals surface area contributed by atoms with Crippen molar-refractivity contribution in [3.63, 3.8) is 0 Å². The predicted octanol–water partition coefficient (Wildman–Crippen LogP) is 3.67. The first-order valence-electron chi connectivity index (χ1n) is 9.74. The Morgan fingerprint density at radius 2 is 1.65 bits per heavy atom. The maximum atomic E-state index is 12.8. The van der Waals surface area contributed by atoms with Crippen LogP contribution in [0.1, 0.15) is 21.6 Å². The molecule has 0 saturated carbocycles. The fourth-order valence-corrected chi connectivity index (χ4v) is 3.36. The van der Waals surface area contributed by atoms with Crippen LogP contribution in [0.15, 0.2) is 77.6 Å². The van der Waals surface area contributed by atoms with Crippen LogP contribution in [-0.2, 0) is 11.2 Å². The Hall–Kier alpha value is -4.26. The number of H-pyrrole nitrogens is 1. The van der Waals surface area contributed by atoms with Crippen LogP contribution in [0.4, 0.5) is 11.4 Å². The summed E-state index contributed by atoms with van der Waals surface area (Å²) < 4.78 is 0. The molecule has 0 radical (unpaired) electrons. The predicted molar refractivity (Wildman–Crippen MR) is 120 cm³/mol. The molecule has 0 bridgehead atoms. The normalized spacial score (nSPS) is 10.6. The van der Waals surface area contributed by atoms with Gasteiger partial charge in [0.2, 0.25) is 5.91 Å². The molecule has 0 aliphatic rings. The number of amides is 2. The van der Waals surface area contributed by atoms with Crippen molar-refractivity contribution < 1.29 is 9.59 Å². The third-order valence-electron chi connectivity index (χ3n) is 4.82. The molecule has 0 aliphatic carbocycles. The highest BCUT2D eigenvalue weighted by Crippen LogP contribution is 2.19. The van der Waals surface area contributed by atoms with Gasteiger partial charge in [-0.25, -0.2) is 5.10 Å². The quantitative estimate of drug-likeness (QED) is 0.465. The summed E-state index contributed by atoms with van der Waals surface area (Å²) in [5.74, 6) is -0.672. The van der Waals surface area contributed by atoms with Gasteiger partial charge in [-0.1, -0.05) is 42.5 Å². The first-order valence-corrected chi connectivity index (χ1v) is 9.74. The summed E-state index contributed by atoms with van der Waals surface area (Å²) in [6, 6.07) is 21.2. The SMILES string of the molecule is Cc1cccc(NC(=O)c2ccccc2NC(=O)Cc2n[nH]c(=O)c3ccccc23)c1. The number of fused-ring (bicyclic) bond motifs is 1. The Morgan fingerprint density at radius 1 is 0.903 bits per heavy atom. The van der Waals surface area contributed by atoms with Gasteiger partial charge < -0.3 is 10.6 Å². The molecule has 1 aromatic heterocycles. The number of nitrogens with zero attached hydrogens (tertiary/aromatic N) is 1. The molecule has 7 heteroatoms. The number of aryl methyl sites for hydroxylation is 1. The van der Waals surface area contributed by atoms with Gasteiger partial charge in [-0.15, -0.1) is 0 Å². The van der Waals surface area contributed by atoms with Crippen LogP contribution in [0.25, 0.3) is 10.8 Å². The lowest BCUT2D eigenvalue weighted by atomic mass is 10.1. The minimum atomic E-state index is -0.347. The van der Waals surface area contributed by atoms with Gasteiger partial charge in [-0.3, -0.25) is 14.4 Å². The molecule has 0 fully saturated rings. The average molecular weight is 412 g/mol. The van der Waals surface area contributed by atoms with Gasteiger partial charge in [0.15, 0.2) is 0 Å². The summed E-state index contributed by atoms with van der Waals surface area (Å²) in [4.78, 5) is 37.4. The zero-order valence-corrected chi connectivity index (χ0v) is 16.8.